The molecule has 0 saturated heterocycles. The molecule has 9 heteroatoms. The van der Waals surface area contributed by atoms with E-state index >= 15 is 0 Å². The highest BCUT2D eigenvalue weighted by Crippen LogP contribution is 2.29. The second kappa shape index (κ2) is 7.43. The number of aryl methyl sites for hydroxylation is 1. The molecule has 0 saturated carbocycles. The highest BCUT2D eigenvalue weighted by atomic mass is 32.2. The normalized spacial score (nSPS) is 13.8. The van der Waals surface area contributed by atoms with Crippen LogP contribution in [0.3, 0.4) is 0 Å². The summed E-state index contributed by atoms with van der Waals surface area (Å²) < 4.78 is 26.0. The number of hydrogen-bond acceptors (Lipinski definition) is 7. The molecule has 140 valence electrons. The number of hydrogen-bond donors (Lipinski definition) is 0. The summed E-state index contributed by atoms with van der Waals surface area (Å²) in [6.45, 7) is 1.27. The molecule has 0 aliphatic carbocycles. The minimum absolute atomic E-state index is 0.234. The van der Waals surface area contributed by atoms with Crippen LogP contribution in [0, 0.1) is 5.82 Å². The summed E-state index contributed by atoms with van der Waals surface area (Å²) in [5.74, 6) is 1.14. The van der Waals surface area contributed by atoms with E-state index in [4.69, 9.17) is 9.47 Å². The molecule has 0 unspecified atom stereocenters. The molecule has 27 heavy (non-hydrogen) atoms. The lowest BCUT2D eigenvalue weighted by Crippen LogP contribution is -2.25. The average molecular weight is 387 g/mol. The van der Waals surface area contributed by atoms with Crippen LogP contribution in [0.15, 0.2) is 42.1 Å². The van der Waals surface area contributed by atoms with Gasteiger partial charge in [-0.1, -0.05) is 17.8 Å². The molecule has 2 aromatic heterocycles. The van der Waals surface area contributed by atoms with E-state index in [2.05, 4.69) is 15.0 Å². The third-order valence-corrected chi connectivity index (χ3v) is 5.08. The number of thioether (sulfide) groups is 1. The monoisotopic (exact) mass is 387 g/mol. The number of benzene rings is 1. The maximum absolute atomic E-state index is 13.9. The summed E-state index contributed by atoms with van der Waals surface area (Å²) in [6, 6.07) is 4.93. The van der Waals surface area contributed by atoms with Gasteiger partial charge in [-0.15, -0.1) is 0 Å². The van der Waals surface area contributed by atoms with Crippen molar-refractivity contribution in [1.29, 1.82) is 0 Å². The maximum atomic E-state index is 13.9. The number of imidazole rings is 1. The van der Waals surface area contributed by atoms with E-state index < -0.39 is 0 Å². The van der Waals surface area contributed by atoms with E-state index in [1.807, 2.05) is 28.8 Å². The fraction of sp³-hybridized carbons (Fsp3) is 0.278. The van der Waals surface area contributed by atoms with Gasteiger partial charge < -0.3 is 18.9 Å². The van der Waals surface area contributed by atoms with Crippen molar-refractivity contribution >= 4 is 28.7 Å². The van der Waals surface area contributed by atoms with Gasteiger partial charge in [-0.3, -0.25) is 0 Å². The van der Waals surface area contributed by atoms with Crippen molar-refractivity contribution < 1.29 is 13.9 Å². The lowest BCUT2D eigenvalue weighted by atomic mass is 10.2. The first-order chi connectivity index (χ1) is 13.2. The van der Waals surface area contributed by atoms with E-state index in [0.717, 1.165) is 22.5 Å². The molecule has 1 aliphatic heterocycles. The first-order valence-corrected chi connectivity index (χ1v) is 9.33. The van der Waals surface area contributed by atoms with Crippen LogP contribution >= 0.6 is 11.8 Å². The van der Waals surface area contributed by atoms with Gasteiger partial charge in [0.15, 0.2) is 33.7 Å². The maximum Gasteiger partial charge on any atom is 0.191 e. The van der Waals surface area contributed by atoms with Crippen LogP contribution < -0.4 is 9.64 Å². The van der Waals surface area contributed by atoms with Crippen molar-refractivity contribution in [3.63, 3.8) is 0 Å². The molecule has 0 N–H and O–H groups in total. The topological polar surface area (TPSA) is 65.3 Å². The molecule has 0 atom stereocenters. The first kappa shape index (κ1) is 17.6. The van der Waals surface area contributed by atoms with Crippen molar-refractivity contribution in [3.05, 3.63) is 48.4 Å². The minimum atomic E-state index is -0.377. The number of methoxy groups -OCH3 is 1. The summed E-state index contributed by atoms with van der Waals surface area (Å²) in [6.07, 6.45) is 5.21. The lowest BCUT2D eigenvalue weighted by Gasteiger charge is -2.22. The Balaban J connectivity index is 1.63. The molecule has 4 rings (SSSR count). The Kier molecular flexibility index (Phi) is 4.85. The molecule has 7 nitrogen and oxygen atoms in total. The Labute approximate surface area is 159 Å². The van der Waals surface area contributed by atoms with Gasteiger partial charge in [-0.05, 0) is 17.7 Å². The second-order valence-electron chi connectivity index (χ2n) is 5.96. The first-order valence-electron chi connectivity index (χ1n) is 8.35. The third-order valence-electron chi connectivity index (χ3n) is 4.16. The van der Waals surface area contributed by atoms with Crippen LogP contribution in [0.1, 0.15) is 5.56 Å². The number of aromatic nitrogens is 4. The van der Waals surface area contributed by atoms with Gasteiger partial charge in [0.25, 0.3) is 0 Å². The minimum Gasteiger partial charge on any atom is -0.498 e. The van der Waals surface area contributed by atoms with Gasteiger partial charge in [0, 0.05) is 19.0 Å². The average Bonchev–Trinajstić information content (AvgIpc) is 3.07. The third kappa shape index (κ3) is 3.55. The van der Waals surface area contributed by atoms with Crippen molar-refractivity contribution in [2.45, 2.75) is 10.9 Å². The Bertz CT molecular complexity index is 1010. The standard InChI is InChI=1S/C18H18FN5O2S/c1-23-11-20-15-16(23)21-18(22-17(15)24-5-7-26-8-6-24)27-10-12-3-4-14(25-2)13(19)9-12/h3-5,7,9,11H,6,8,10H2,1-2H3. The van der Waals surface area contributed by atoms with E-state index in [0.29, 0.717) is 24.1 Å². The van der Waals surface area contributed by atoms with E-state index in [1.54, 1.807) is 18.7 Å². The van der Waals surface area contributed by atoms with Gasteiger partial charge >= 0.3 is 0 Å². The quantitative estimate of drug-likeness (QED) is 0.492. The number of halogens is 1. The zero-order chi connectivity index (χ0) is 18.8. The molecule has 1 aliphatic rings. The van der Waals surface area contributed by atoms with Crippen LogP contribution in [0.25, 0.3) is 11.2 Å². The summed E-state index contributed by atoms with van der Waals surface area (Å²) in [5.41, 5.74) is 2.33. The summed E-state index contributed by atoms with van der Waals surface area (Å²) in [5, 5.41) is 0.609. The van der Waals surface area contributed by atoms with E-state index in [-0.39, 0.29) is 11.6 Å². The number of ether oxygens (including phenoxy) is 2. The molecule has 0 fully saturated rings. The Morgan fingerprint density at radius 2 is 2.22 bits per heavy atom. The van der Waals surface area contributed by atoms with Gasteiger partial charge in [0.2, 0.25) is 0 Å². The molecular formula is C18H18FN5O2S. The predicted molar refractivity (Wildman–Crippen MR) is 101 cm³/mol. The van der Waals surface area contributed by atoms with Gasteiger partial charge in [-0.2, -0.15) is 0 Å². The SMILES string of the molecule is COc1ccc(CSc2nc(N3C=COCC3)c3ncn(C)c3n2)cc1F. The highest BCUT2D eigenvalue weighted by Gasteiger charge is 2.18. The molecule has 1 aromatic carbocycles. The summed E-state index contributed by atoms with van der Waals surface area (Å²) in [7, 11) is 3.35. The van der Waals surface area contributed by atoms with Crippen molar-refractivity contribution in [2.75, 3.05) is 25.2 Å². The van der Waals surface area contributed by atoms with E-state index in [9.17, 15) is 4.39 Å². The van der Waals surface area contributed by atoms with Gasteiger partial charge in [0.1, 0.15) is 6.61 Å². The number of fused-ring (bicyclic) bond motifs is 1. The summed E-state index contributed by atoms with van der Waals surface area (Å²) in [4.78, 5) is 15.7. The van der Waals surface area contributed by atoms with Gasteiger partial charge in [-0.25, -0.2) is 19.3 Å². The van der Waals surface area contributed by atoms with Crippen LogP contribution in [0.4, 0.5) is 10.2 Å². The molecule has 0 spiro atoms. The van der Waals surface area contributed by atoms with Gasteiger partial charge in [0.05, 0.1) is 26.2 Å². The molecule has 0 radical (unpaired) electrons. The zero-order valence-electron chi connectivity index (χ0n) is 14.9. The zero-order valence-corrected chi connectivity index (χ0v) is 15.7. The largest absolute Gasteiger partial charge is 0.498 e. The molecule has 0 amide bonds. The van der Waals surface area contributed by atoms with Crippen LogP contribution in [-0.2, 0) is 17.5 Å². The second-order valence-corrected chi connectivity index (χ2v) is 6.91. The predicted octanol–water partition coefficient (Wildman–Crippen LogP) is 3.11. The Morgan fingerprint density at radius 3 is 2.96 bits per heavy atom. The van der Waals surface area contributed by atoms with Crippen LogP contribution in [0.2, 0.25) is 0 Å². The summed E-state index contributed by atoms with van der Waals surface area (Å²) >= 11 is 1.45. The number of nitrogens with zero attached hydrogens (tertiary/aromatic N) is 5. The van der Waals surface area contributed by atoms with E-state index in [1.165, 1.54) is 24.9 Å². The number of rotatable bonds is 5. The Morgan fingerprint density at radius 1 is 1.33 bits per heavy atom. The molecule has 3 aromatic rings. The molecule has 3 heterocycles. The Hall–Kier alpha value is -2.81. The number of anilines is 1. The highest BCUT2D eigenvalue weighted by molar-refractivity contribution is 7.98. The molecular weight excluding hydrogens is 369 g/mol. The van der Waals surface area contributed by atoms with Crippen molar-refractivity contribution in [1.82, 2.24) is 19.5 Å². The lowest BCUT2D eigenvalue weighted by molar-refractivity contribution is 0.245. The fourth-order valence-corrected chi connectivity index (χ4v) is 3.55. The van der Waals surface area contributed by atoms with Crippen molar-refractivity contribution in [2.24, 2.45) is 7.05 Å². The smallest absolute Gasteiger partial charge is 0.191 e. The van der Waals surface area contributed by atoms with Crippen molar-refractivity contribution in [3.8, 4) is 5.75 Å². The van der Waals surface area contributed by atoms with Crippen LogP contribution in [0.5, 0.6) is 5.75 Å². The fourth-order valence-electron chi connectivity index (χ4n) is 2.77. The molecule has 0 bridgehead atoms. The van der Waals surface area contributed by atoms with Crippen LogP contribution in [-0.4, -0.2) is 39.8 Å².